The molecule has 2 aliphatic rings. The molecule has 2 atom stereocenters. The molecular formula is C28H30F4N2O9S. The number of carboxylic acids is 1. The van der Waals surface area contributed by atoms with Crippen molar-refractivity contribution in [1.29, 1.82) is 0 Å². The zero-order valence-corrected chi connectivity index (χ0v) is 24.4. The Bertz CT molecular complexity index is 1540. The number of rotatable bonds is 9. The van der Waals surface area contributed by atoms with Crippen LogP contribution in [0.4, 0.5) is 23.2 Å². The van der Waals surface area contributed by atoms with E-state index >= 15 is 0 Å². The molecule has 4 rings (SSSR count). The molecule has 0 aromatic heterocycles. The zero-order valence-electron chi connectivity index (χ0n) is 23.6. The van der Waals surface area contributed by atoms with Gasteiger partial charge in [-0.3, -0.25) is 14.4 Å². The van der Waals surface area contributed by atoms with Crippen molar-refractivity contribution in [2.45, 2.75) is 55.2 Å². The number of ether oxygens (including phenoxy) is 3. The standard InChI is InChI=1S/C28H30F4N2O9S/c1-27(26(37)38)8-6-16(7-9-27)43-23-11-18(22(41-2)12-20(23)29)24(35)34-21-14-42-13-19(21)25(36)33-15-4-3-5-17(10-15)44(39,40)28(30,31)32/h3-5,10-12,16,19,21H,6-9,13-14H2,1-2H3,(H,33,36)(H,34,35)(H,37,38)/t16?,19-,21+,27?/m0/s1. The van der Waals surface area contributed by atoms with Crippen molar-refractivity contribution < 1.29 is 59.7 Å². The van der Waals surface area contributed by atoms with Gasteiger partial charge in [0, 0.05) is 11.8 Å². The van der Waals surface area contributed by atoms with E-state index in [2.05, 4.69) is 10.6 Å². The quantitative estimate of drug-likeness (QED) is 0.344. The summed E-state index contributed by atoms with van der Waals surface area (Å²) in [4.78, 5) is 36.7. The number of nitrogens with one attached hydrogen (secondary N) is 2. The molecule has 0 unspecified atom stereocenters. The summed E-state index contributed by atoms with van der Waals surface area (Å²) in [6, 6.07) is 4.85. The first-order chi connectivity index (χ1) is 20.6. The molecule has 1 saturated carbocycles. The first-order valence-electron chi connectivity index (χ1n) is 13.4. The van der Waals surface area contributed by atoms with E-state index in [1.54, 1.807) is 6.92 Å². The van der Waals surface area contributed by atoms with Crippen LogP contribution >= 0.6 is 0 Å². The third kappa shape index (κ3) is 6.90. The van der Waals surface area contributed by atoms with E-state index in [9.17, 15) is 45.5 Å². The van der Waals surface area contributed by atoms with Gasteiger partial charge in [0.1, 0.15) is 5.75 Å². The number of sulfone groups is 1. The minimum Gasteiger partial charge on any atom is -0.496 e. The molecule has 240 valence electrons. The molecule has 1 aliphatic carbocycles. The second-order valence-corrected chi connectivity index (χ2v) is 12.8. The lowest BCUT2D eigenvalue weighted by Crippen LogP contribution is -2.44. The lowest BCUT2D eigenvalue weighted by atomic mass is 9.75. The van der Waals surface area contributed by atoms with Crippen LogP contribution in [0.25, 0.3) is 0 Å². The van der Waals surface area contributed by atoms with E-state index < -0.39 is 67.3 Å². The molecule has 0 bridgehead atoms. The molecule has 2 fully saturated rings. The summed E-state index contributed by atoms with van der Waals surface area (Å²) in [5.74, 6) is -4.63. The maximum atomic E-state index is 14.9. The number of methoxy groups -OCH3 is 1. The molecule has 11 nitrogen and oxygen atoms in total. The van der Waals surface area contributed by atoms with Gasteiger partial charge in [-0.05, 0) is 56.9 Å². The predicted octanol–water partition coefficient (Wildman–Crippen LogP) is 3.92. The van der Waals surface area contributed by atoms with Crippen molar-refractivity contribution in [2.75, 3.05) is 25.6 Å². The SMILES string of the molecule is COc1cc(F)c(OC2CCC(C)(C(=O)O)CC2)cc1C(=O)N[C@@H]1COC[C@@H]1C(=O)Nc1cccc(S(=O)(=O)C(F)(F)F)c1. The van der Waals surface area contributed by atoms with Crippen molar-refractivity contribution in [3.63, 3.8) is 0 Å². The summed E-state index contributed by atoms with van der Waals surface area (Å²) >= 11 is 0. The highest BCUT2D eigenvalue weighted by Crippen LogP contribution is 2.39. The summed E-state index contributed by atoms with van der Waals surface area (Å²) in [7, 11) is -4.42. The first-order valence-corrected chi connectivity index (χ1v) is 14.9. The largest absolute Gasteiger partial charge is 0.501 e. The van der Waals surface area contributed by atoms with Gasteiger partial charge in [0.15, 0.2) is 11.6 Å². The molecule has 44 heavy (non-hydrogen) atoms. The Balaban J connectivity index is 1.46. The van der Waals surface area contributed by atoms with Crippen molar-refractivity contribution in [2.24, 2.45) is 11.3 Å². The van der Waals surface area contributed by atoms with Crippen LogP contribution in [0.3, 0.4) is 0 Å². The third-order valence-electron chi connectivity index (χ3n) is 7.80. The number of aliphatic carboxylic acids is 1. The first kappa shape index (κ1) is 33.0. The number of anilines is 1. The fourth-order valence-electron chi connectivity index (χ4n) is 5.02. The van der Waals surface area contributed by atoms with E-state index in [-0.39, 0.29) is 36.0 Å². The average Bonchev–Trinajstić information content (AvgIpc) is 3.42. The van der Waals surface area contributed by atoms with Gasteiger partial charge in [-0.25, -0.2) is 12.8 Å². The Hall–Kier alpha value is -3.92. The Morgan fingerprint density at radius 1 is 1.07 bits per heavy atom. The summed E-state index contributed by atoms with van der Waals surface area (Å²) in [6.07, 6.45) is 0.882. The highest BCUT2D eigenvalue weighted by Gasteiger charge is 2.47. The number of halogens is 4. The van der Waals surface area contributed by atoms with Crippen LogP contribution in [0.1, 0.15) is 43.0 Å². The fraction of sp³-hybridized carbons (Fsp3) is 0.464. The van der Waals surface area contributed by atoms with Crippen LogP contribution in [0.2, 0.25) is 0 Å². The van der Waals surface area contributed by atoms with E-state index in [1.165, 1.54) is 13.2 Å². The molecule has 1 aliphatic heterocycles. The summed E-state index contributed by atoms with van der Waals surface area (Å²) in [5.41, 5.74) is -6.77. The summed E-state index contributed by atoms with van der Waals surface area (Å²) in [5, 5.41) is 14.4. The van der Waals surface area contributed by atoms with Crippen molar-refractivity contribution in [1.82, 2.24) is 5.32 Å². The van der Waals surface area contributed by atoms with Crippen LogP contribution in [-0.2, 0) is 24.2 Å². The number of hydrogen-bond acceptors (Lipinski definition) is 8. The second-order valence-electron chi connectivity index (χ2n) is 10.9. The molecule has 2 aromatic rings. The highest BCUT2D eigenvalue weighted by molar-refractivity contribution is 7.92. The van der Waals surface area contributed by atoms with Crippen LogP contribution in [0, 0.1) is 17.2 Å². The molecule has 2 aromatic carbocycles. The van der Waals surface area contributed by atoms with Crippen LogP contribution < -0.4 is 20.1 Å². The zero-order chi connectivity index (χ0) is 32.4. The number of carboxylic acid groups (broad SMARTS) is 1. The number of carbonyl (C=O) groups is 3. The van der Waals surface area contributed by atoms with Gasteiger partial charge in [0.2, 0.25) is 5.91 Å². The van der Waals surface area contributed by atoms with Gasteiger partial charge in [0.25, 0.3) is 15.7 Å². The molecule has 0 spiro atoms. The Morgan fingerprint density at radius 3 is 2.36 bits per heavy atom. The van der Waals surface area contributed by atoms with Crippen molar-refractivity contribution >= 4 is 33.3 Å². The van der Waals surface area contributed by atoms with E-state index in [4.69, 9.17) is 14.2 Å². The fourth-order valence-corrected chi connectivity index (χ4v) is 5.83. The number of amides is 2. The Morgan fingerprint density at radius 2 is 1.75 bits per heavy atom. The Labute approximate surface area is 249 Å². The maximum Gasteiger partial charge on any atom is 0.501 e. The molecule has 2 amide bonds. The van der Waals surface area contributed by atoms with Gasteiger partial charge in [-0.15, -0.1) is 0 Å². The van der Waals surface area contributed by atoms with E-state index in [1.807, 2.05) is 0 Å². The molecule has 3 N–H and O–H groups in total. The number of alkyl halides is 3. The molecule has 1 heterocycles. The monoisotopic (exact) mass is 646 g/mol. The van der Waals surface area contributed by atoms with Crippen molar-refractivity contribution in [3.05, 3.63) is 47.8 Å². The minimum absolute atomic E-state index is 0.108. The average molecular weight is 647 g/mol. The van der Waals surface area contributed by atoms with Gasteiger partial charge in [0.05, 0.1) is 54.3 Å². The van der Waals surface area contributed by atoms with E-state index in [0.29, 0.717) is 31.7 Å². The molecule has 0 radical (unpaired) electrons. The number of hydrogen-bond donors (Lipinski definition) is 3. The lowest BCUT2D eigenvalue weighted by Gasteiger charge is -2.34. The second kappa shape index (κ2) is 12.6. The van der Waals surface area contributed by atoms with Gasteiger partial charge >= 0.3 is 11.5 Å². The summed E-state index contributed by atoms with van der Waals surface area (Å²) < 4.78 is 93.5. The molecular weight excluding hydrogens is 616 g/mol. The van der Waals surface area contributed by atoms with Gasteiger partial charge < -0.3 is 30.0 Å². The van der Waals surface area contributed by atoms with Gasteiger partial charge in [-0.2, -0.15) is 13.2 Å². The normalized spacial score (nSPS) is 23.9. The van der Waals surface area contributed by atoms with Gasteiger partial charge in [-0.1, -0.05) is 6.07 Å². The maximum absolute atomic E-state index is 14.9. The predicted molar refractivity (Wildman–Crippen MR) is 145 cm³/mol. The Kier molecular flexibility index (Phi) is 9.44. The minimum atomic E-state index is -5.65. The topological polar surface area (TPSA) is 157 Å². The lowest BCUT2D eigenvalue weighted by molar-refractivity contribution is -0.150. The molecule has 16 heteroatoms. The highest BCUT2D eigenvalue weighted by atomic mass is 32.2. The smallest absolute Gasteiger partial charge is 0.496 e. The summed E-state index contributed by atoms with van der Waals surface area (Å²) in [6.45, 7) is 1.37. The number of carbonyl (C=O) groups excluding carboxylic acids is 2. The van der Waals surface area contributed by atoms with Crippen molar-refractivity contribution in [3.8, 4) is 11.5 Å². The van der Waals surface area contributed by atoms with Crippen LogP contribution in [0.15, 0.2) is 41.3 Å². The van der Waals surface area contributed by atoms with Crippen LogP contribution in [-0.4, -0.2) is 69.3 Å². The molecule has 1 saturated heterocycles. The number of benzene rings is 2. The van der Waals surface area contributed by atoms with E-state index in [0.717, 1.165) is 24.3 Å². The third-order valence-corrected chi connectivity index (χ3v) is 9.28. The van der Waals surface area contributed by atoms with Crippen LogP contribution in [0.5, 0.6) is 11.5 Å².